The number of ether oxygens (including phenoxy) is 1. The molecule has 4 atom stereocenters. The summed E-state index contributed by atoms with van der Waals surface area (Å²) in [4.78, 5) is 39.5. The number of hydrogen-bond acceptors (Lipinski definition) is 7. The Balaban J connectivity index is 1.63. The molecule has 0 amide bonds. The molecule has 2 aliphatic heterocycles. The van der Waals surface area contributed by atoms with Crippen molar-refractivity contribution in [2.24, 2.45) is 5.41 Å². The fourth-order valence-corrected chi connectivity index (χ4v) is 5.54. The number of carboxylic acid groups (broad SMARTS) is 1. The van der Waals surface area contributed by atoms with Crippen LogP contribution in [0.2, 0.25) is 0 Å². The van der Waals surface area contributed by atoms with Gasteiger partial charge in [-0.05, 0) is 51.3 Å². The van der Waals surface area contributed by atoms with Crippen molar-refractivity contribution in [2.75, 3.05) is 13.1 Å². The first-order valence-corrected chi connectivity index (χ1v) is 12.5. The quantitative estimate of drug-likeness (QED) is 0.324. The summed E-state index contributed by atoms with van der Waals surface area (Å²) >= 11 is 0. The van der Waals surface area contributed by atoms with E-state index in [0.717, 1.165) is 19.5 Å². The number of carbonyl (C=O) groups is 2. The molecule has 2 aliphatic rings. The summed E-state index contributed by atoms with van der Waals surface area (Å²) < 4.78 is 6.00. The first kappa shape index (κ1) is 26.3. The van der Waals surface area contributed by atoms with E-state index in [9.17, 15) is 24.8 Å². The van der Waals surface area contributed by atoms with Crippen molar-refractivity contribution in [2.45, 2.75) is 58.2 Å². The molecule has 0 aliphatic carbocycles. The first-order chi connectivity index (χ1) is 17.6. The number of nitrogens with one attached hydrogen (secondary N) is 1. The maximum absolute atomic E-state index is 13.7. The number of non-ortho nitro benzene ring substituents is 1. The largest absolute Gasteiger partial charge is 0.481 e. The zero-order chi connectivity index (χ0) is 26.7. The van der Waals surface area contributed by atoms with Crippen LogP contribution in [0.4, 0.5) is 5.69 Å². The molecule has 2 N–H and O–H groups in total. The van der Waals surface area contributed by atoms with Crippen LogP contribution in [0.5, 0.6) is 0 Å². The topological polar surface area (TPSA) is 122 Å². The summed E-state index contributed by atoms with van der Waals surface area (Å²) in [6.07, 6.45) is 1.25. The predicted octanol–water partition coefficient (Wildman–Crippen LogP) is 4.24. The Labute approximate surface area is 216 Å². The Kier molecular flexibility index (Phi) is 7.63. The predicted molar refractivity (Wildman–Crippen MR) is 138 cm³/mol. The number of piperidine rings is 1. The van der Waals surface area contributed by atoms with Gasteiger partial charge in [0.15, 0.2) is 0 Å². The SMILES string of the molecule is CC1=C(C(=O)OC2CCCN(Cc3ccccc3)C2)C(c2cccc([N+](=O)[O-])c2)C(C)(C(=O)O)C(C)N1. The average molecular weight is 508 g/mol. The molecule has 0 saturated carbocycles. The van der Waals surface area contributed by atoms with Crippen LogP contribution in [0, 0.1) is 15.5 Å². The number of aliphatic carboxylic acids is 1. The first-order valence-electron chi connectivity index (χ1n) is 12.5. The van der Waals surface area contributed by atoms with Crippen molar-refractivity contribution >= 4 is 17.6 Å². The van der Waals surface area contributed by atoms with Crippen molar-refractivity contribution in [1.29, 1.82) is 0 Å². The van der Waals surface area contributed by atoms with E-state index in [1.165, 1.54) is 23.8 Å². The standard InChI is InChI=1S/C28H33N3O6/c1-18-24(26(32)37-23-13-8-14-30(17-23)16-20-9-5-4-6-10-20)25(28(3,27(33)34)19(2)29-18)21-11-7-12-22(15-21)31(35)36/h4-7,9-12,15,19,23,25,29H,8,13-14,16-17H2,1-3H3,(H,33,34). The Morgan fingerprint density at radius 1 is 1.22 bits per heavy atom. The lowest BCUT2D eigenvalue weighted by atomic mass is 9.63. The molecule has 9 nitrogen and oxygen atoms in total. The molecule has 0 bridgehead atoms. The number of hydrogen-bond donors (Lipinski definition) is 2. The minimum absolute atomic E-state index is 0.161. The van der Waals surface area contributed by atoms with Crippen LogP contribution in [0.25, 0.3) is 0 Å². The second-order valence-electron chi connectivity index (χ2n) is 10.2. The van der Waals surface area contributed by atoms with Crippen LogP contribution in [0.15, 0.2) is 65.9 Å². The summed E-state index contributed by atoms with van der Waals surface area (Å²) in [5.74, 6) is -2.63. The van der Waals surface area contributed by atoms with Crippen molar-refractivity contribution in [3.05, 3.63) is 87.1 Å². The van der Waals surface area contributed by atoms with Gasteiger partial charge in [-0.1, -0.05) is 42.5 Å². The van der Waals surface area contributed by atoms with E-state index in [2.05, 4.69) is 22.3 Å². The molecule has 2 aromatic rings. The molecule has 2 heterocycles. The number of carbonyl (C=O) groups excluding carboxylic acids is 1. The Hall–Kier alpha value is -3.72. The Morgan fingerprint density at radius 3 is 2.62 bits per heavy atom. The number of likely N-dealkylation sites (tertiary alicyclic amines) is 1. The normalized spacial score (nSPS) is 26.3. The highest BCUT2D eigenvalue weighted by atomic mass is 16.6. The van der Waals surface area contributed by atoms with Gasteiger partial charge in [0.05, 0.1) is 15.9 Å². The van der Waals surface area contributed by atoms with E-state index in [1.807, 2.05) is 18.2 Å². The highest BCUT2D eigenvalue weighted by molar-refractivity contribution is 5.94. The minimum Gasteiger partial charge on any atom is -0.481 e. The molecule has 0 aromatic heterocycles. The van der Waals surface area contributed by atoms with Crippen molar-refractivity contribution in [1.82, 2.24) is 10.2 Å². The van der Waals surface area contributed by atoms with E-state index in [1.54, 1.807) is 26.8 Å². The third-order valence-corrected chi connectivity index (χ3v) is 7.70. The van der Waals surface area contributed by atoms with Gasteiger partial charge in [0.2, 0.25) is 0 Å². The van der Waals surface area contributed by atoms with Crippen LogP contribution >= 0.6 is 0 Å². The number of benzene rings is 2. The third kappa shape index (κ3) is 5.36. The van der Waals surface area contributed by atoms with Gasteiger partial charge in [0.25, 0.3) is 5.69 Å². The molecule has 4 rings (SSSR count). The molecular weight excluding hydrogens is 474 g/mol. The number of nitro benzene ring substituents is 1. The molecule has 2 aromatic carbocycles. The van der Waals surface area contributed by atoms with Gasteiger partial charge >= 0.3 is 11.9 Å². The second kappa shape index (κ2) is 10.7. The lowest BCUT2D eigenvalue weighted by molar-refractivity contribution is -0.384. The van der Waals surface area contributed by atoms with Gasteiger partial charge in [-0.2, -0.15) is 0 Å². The van der Waals surface area contributed by atoms with Gasteiger partial charge in [-0.3, -0.25) is 19.8 Å². The van der Waals surface area contributed by atoms with Crippen molar-refractivity contribution in [3.8, 4) is 0 Å². The lowest BCUT2D eigenvalue weighted by Gasteiger charge is -2.45. The summed E-state index contributed by atoms with van der Waals surface area (Å²) in [6, 6.07) is 15.4. The van der Waals surface area contributed by atoms with Crippen LogP contribution in [-0.2, 0) is 20.9 Å². The highest BCUT2D eigenvalue weighted by Crippen LogP contribution is 2.48. The third-order valence-electron chi connectivity index (χ3n) is 7.70. The van der Waals surface area contributed by atoms with Gasteiger partial charge in [-0.15, -0.1) is 0 Å². The maximum Gasteiger partial charge on any atom is 0.336 e. The van der Waals surface area contributed by atoms with Crippen molar-refractivity contribution < 1.29 is 24.4 Å². The second-order valence-corrected chi connectivity index (χ2v) is 10.2. The smallest absolute Gasteiger partial charge is 0.336 e. The van der Waals surface area contributed by atoms with E-state index >= 15 is 0 Å². The fourth-order valence-electron chi connectivity index (χ4n) is 5.54. The zero-order valence-electron chi connectivity index (χ0n) is 21.3. The van der Waals surface area contributed by atoms with Gasteiger partial charge < -0.3 is 15.2 Å². The number of nitrogens with zero attached hydrogens (tertiary/aromatic N) is 2. The molecule has 0 radical (unpaired) electrons. The summed E-state index contributed by atoms with van der Waals surface area (Å²) in [7, 11) is 0. The molecular formula is C28H33N3O6. The number of carboxylic acids is 1. The number of rotatable bonds is 7. The van der Waals surface area contributed by atoms with E-state index in [-0.39, 0.29) is 17.4 Å². The van der Waals surface area contributed by atoms with Gasteiger partial charge in [-0.25, -0.2) is 4.79 Å². The summed E-state index contributed by atoms with van der Waals surface area (Å²) in [6.45, 7) is 7.27. The molecule has 4 unspecified atom stereocenters. The molecule has 1 saturated heterocycles. The van der Waals surface area contributed by atoms with E-state index in [0.29, 0.717) is 24.2 Å². The van der Waals surface area contributed by atoms with E-state index in [4.69, 9.17) is 4.74 Å². The minimum atomic E-state index is -1.45. The van der Waals surface area contributed by atoms with Crippen LogP contribution < -0.4 is 5.32 Å². The molecule has 37 heavy (non-hydrogen) atoms. The van der Waals surface area contributed by atoms with Crippen LogP contribution in [0.3, 0.4) is 0 Å². The molecule has 196 valence electrons. The highest BCUT2D eigenvalue weighted by Gasteiger charge is 2.53. The fraction of sp³-hybridized carbons (Fsp3) is 0.429. The van der Waals surface area contributed by atoms with Crippen LogP contribution in [-0.4, -0.2) is 52.1 Å². The van der Waals surface area contributed by atoms with Crippen LogP contribution in [0.1, 0.15) is 50.7 Å². The number of allylic oxidation sites excluding steroid dienone is 1. The maximum atomic E-state index is 13.7. The molecule has 9 heteroatoms. The van der Waals surface area contributed by atoms with Crippen molar-refractivity contribution in [3.63, 3.8) is 0 Å². The molecule has 1 fully saturated rings. The zero-order valence-corrected chi connectivity index (χ0v) is 21.3. The van der Waals surface area contributed by atoms with Gasteiger partial charge in [0.1, 0.15) is 6.10 Å². The lowest BCUT2D eigenvalue weighted by Crippen LogP contribution is -2.55. The van der Waals surface area contributed by atoms with E-state index < -0.39 is 34.2 Å². The summed E-state index contributed by atoms with van der Waals surface area (Å²) in [5.41, 5.74) is 0.684. The molecule has 0 spiro atoms. The monoisotopic (exact) mass is 507 g/mol. The Morgan fingerprint density at radius 2 is 1.95 bits per heavy atom. The number of nitro groups is 1. The summed E-state index contributed by atoms with van der Waals surface area (Å²) in [5, 5.41) is 24.9. The van der Waals surface area contributed by atoms with Gasteiger partial charge in [0, 0.05) is 42.9 Å². The number of esters is 1. The average Bonchev–Trinajstić information content (AvgIpc) is 2.86. The Bertz CT molecular complexity index is 1210.